The van der Waals surface area contributed by atoms with E-state index >= 15 is 0 Å². The van der Waals surface area contributed by atoms with E-state index in [1.54, 1.807) is 43.5 Å². The second-order valence-electron chi connectivity index (χ2n) is 6.31. The summed E-state index contributed by atoms with van der Waals surface area (Å²) in [7, 11) is 3.09. The molecule has 3 aromatic rings. The van der Waals surface area contributed by atoms with Crippen molar-refractivity contribution in [3.05, 3.63) is 73.9 Å². The molecule has 0 fully saturated rings. The van der Waals surface area contributed by atoms with Crippen molar-refractivity contribution in [3.63, 3.8) is 0 Å². The van der Waals surface area contributed by atoms with Gasteiger partial charge in [0.15, 0.2) is 5.75 Å². The summed E-state index contributed by atoms with van der Waals surface area (Å²) in [4.78, 5) is 12.9. The molecule has 2 N–H and O–H groups in total. The van der Waals surface area contributed by atoms with Crippen LogP contribution < -0.4 is 25.6 Å². The summed E-state index contributed by atoms with van der Waals surface area (Å²) in [5.74, 6) is 0.620. The van der Waals surface area contributed by atoms with Gasteiger partial charge in [-0.3, -0.25) is 0 Å². The molecule has 1 unspecified atom stereocenters. The van der Waals surface area contributed by atoms with Crippen molar-refractivity contribution in [2.75, 3.05) is 14.2 Å². The molecule has 2 aromatic carbocycles. The summed E-state index contributed by atoms with van der Waals surface area (Å²) in [6, 6.07) is 12.4. The molecule has 1 aliphatic rings. The van der Waals surface area contributed by atoms with Crippen LogP contribution in [0, 0.1) is 11.3 Å². The van der Waals surface area contributed by atoms with Crippen molar-refractivity contribution in [2.45, 2.75) is 13.3 Å². The zero-order chi connectivity index (χ0) is 20.7. The first-order chi connectivity index (χ1) is 14.0. The Bertz CT molecular complexity index is 1270. The number of halogens is 1. The Kier molecular flexibility index (Phi) is 5.76. The summed E-state index contributed by atoms with van der Waals surface area (Å²) in [6.45, 7) is 0. The van der Waals surface area contributed by atoms with Crippen LogP contribution in [0.15, 0.2) is 61.5 Å². The molecule has 1 atom stereocenters. The van der Waals surface area contributed by atoms with Crippen LogP contribution in [0.5, 0.6) is 17.2 Å². The number of nitrogens with two attached hydrogens (primary N) is 1. The number of nitrogens with zero attached hydrogens (tertiary/aromatic N) is 1. The van der Waals surface area contributed by atoms with Crippen molar-refractivity contribution in [1.29, 1.82) is 5.26 Å². The van der Waals surface area contributed by atoms with E-state index < -0.39 is 11.5 Å². The van der Waals surface area contributed by atoms with Crippen molar-refractivity contribution in [2.24, 2.45) is 5.73 Å². The van der Waals surface area contributed by atoms with Gasteiger partial charge in [-0.05, 0) is 51.8 Å². The second-order valence-corrected chi connectivity index (χ2v) is 7.17. The van der Waals surface area contributed by atoms with E-state index in [0.29, 0.717) is 32.5 Å². The van der Waals surface area contributed by atoms with Crippen LogP contribution in [0.3, 0.4) is 0 Å². The highest BCUT2D eigenvalue weighted by Gasteiger charge is 2.35. The number of fused-ring (bicyclic) bond motifs is 3. The standard InChI is InChI=1S/C21H15BrN2O5.CH4/c1-26-11-4-6-15-12(8-11)19-18(21(25)28-15)17(13(9-23)20(24)29-19)10-3-5-16(27-2)14(22)7-10;/h3-8,17H,24H2,1-2H3;1H4. The zero-order valence-corrected chi connectivity index (χ0v) is 17.1. The van der Waals surface area contributed by atoms with E-state index in [1.807, 2.05) is 0 Å². The maximum Gasteiger partial charge on any atom is 0.344 e. The molecule has 30 heavy (non-hydrogen) atoms. The summed E-state index contributed by atoms with van der Waals surface area (Å²) < 4.78 is 22.5. The zero-order valence-electron chi connectivity index (χ0n) is 15.5. The fourth-order valence-electron chi connectivity index (χ4n) is 3.42. The first-order valence-corrected chi connectivity index (χ1v) is 9.33. The average molecular weight is 471 g/mol. The number of allylic oxidation sites excluding steroid dienone is 1. The molecule has 154 valence electrons. The number of hydrogen-bond acceptors (Lipinski definition) is 7. The Morgan fingerprint density at radius 2 is 1.93 bits per heavy atom. The van der Waals surface area contributed by atoms with Crippen LogP contribution in [0.2, 0.25) is 0 Å². The first-order valence-electron chi connectivity index (χ1n) is 8.54. The van der Waals surface area contributed by atoms with Crippen molar-refractivity contribution in [1.82, 2.24) is 0 Å². The lowest BCUT2D eigenvalue weighted by Crippen LogP contribution is -2.26. The molecule has 7 nitrogen and oxygen atoms in total. The van der Waals surface area contributed by atoms with Gasteiger partial charge in [0.05, 0.1) is 35.6 Å². The van der Waals surface area contributed by atoms with Gasteiger partial charge >= 0.3 is 5.63 Å². The number of ether oxygens (including phenoxy) is 3. The van der Waals surface area contributed by atoms with E-state index in [9.17, 15) is 10.1 Å². The normalized spacial score (nSPS) is 14.9. The smallest absolute Gasteiger partial charge is 0.344 e. The molecule has 0 bridgehead atoms. The van der Waals surface area contributed by atoms with Gasteiger partial charge in [-0.1, -0.05) is 13.5 Å². The number of rotatable bonds is 3. The Morgan fingerprint density at radius 3 is 2.57 bits per heavy atom. The molecule has 4 rings (SSSR count). The predicted octanol–water partition coefficient (Wildman–Crippen LogP) is 4.43. The maximum absolute atomic E-state index is 12.9. The average Bonchev–Trinajstić information content (AvgIpc) is 2.72. The summed E-state index contributed by atoms with van der Waals surface area (Å²) in [5.41, 5.74) is 6.80. The first kappa shape index (κ1) is 21.3. The van der Waals surface area contributed by atoms with Crippen molar-refractivity contribution < 1.29 is 18.6 Å². The largest absolute Gasteiger partial charge is 0.497 e. The predicted molar refractivity (Wildman–Crippen MR) is 116 cm³/mol. The van der Waals surface area contributed by atoms with Gasteiger partial charge in [0.2, 0.25) is 5.88 Å². The van der Waals surface area contributed by atoms with Crippen LogP contribution in [0.4, 0.5) is 0 Å². The van der Waals surface area contributed by atoms with Crippen molar-refractivity contribution >= 4 is 26.9 Å². The second kappa shape index (κ2) is 8.13. The molecule has 8 heteroatoms. The molecule has 1 aliphatic heterocycles. The van der Waals surface area contributed by atoms with Crippen LogP contribution in [0.1, 0.15) is 24.5 Å². The van der Waals surface area contributed by atoms with Gasteiger partial charge in [0.1, 0.15) is 28.7 Å². The van der Waals surface area contributed by atoms with Crippen LogP contribution >= 0.6 is 15.9 Å². The molecule has 1 aromatic heterocycles. The third-order valence-corrected chi connectivity index (χ3v) is 5.40. The van der Waals surface area contributed by atoms with Gasteiger partial charge in [0.25, 0.3) is 0 Å². The molecule has 0 amide bonds. The van der Waals surface area contributed by atoms with E-state index in [0.717, 1.165) is 0 Å². The van der Waals surface area contributed by atoms with Gasteiger partial charge in [-0.25, -0.2) is 4.79 Å². The molecule has 0 spiro atoms. The molecule has 0 saturated heterocycles. The topological polar surface area (TPSA) is 108 Å². The quantitative estimate of drug-likeness (QED) is 0.564. The Balaban J connectivity index is 0.00000256. The van der Waals surface area contributed by atoms with Gasteiger partial charge in [-0.2, -0.15) is 5.26 Å². The van der Waals surface area contributed by atoms with Crippen LogP contribution in [0.25, 0.3) is 11.0 Å². The molecule has 2 heterocycles. The highest BCUT2D eigenvalue weighted by Crippen LogP contribution is 2.45. The fraction of sp³-hybridized carbons (Fsp3) is 0.182. The lowest BCUT2D eigenvalue weighted by atomic mass is 9.84. The number of hydrogen-bond donors (Lipinski definition) is 1. The van der Waals surface area contributed by atoms with Crippen LogP contribution in [-0.4, -0.2) is 14.2 Å². The van der Waals surface area contributed by atoms with E-state index in [-0.39, 0.29) is 30.2 Å². The summed E-state index contributed by atoms with van der Waals surface area (Å²) in [5, 5.41) is 10.2. The van der Waals surface area contributed by atoms with Gasteiger partial charge < -0.3 is 24.4 Å². The highest BCUT2D eigenvalue weighted by atomic mass is 79.9. The Hall–Kier alpha value is -3.44. The molecular formula is C22H19BrN2O5. The fourth-order valence-corrected chi connectivity index (χ4v) is 3.98. The third-order valence-electron chi connectivity index (χ3n) is 4.78. The minimum Gasteiger partial charge on any atom is -0.497 e. The Morgan fingerprint density at radius 1 is 1.17 bits per heavy atom. The van der Waals surface area contributed by atoms with Gasteiger partial charge in [0, 0.05) is 0 Å². The minimum absolute atomic E-state index is 0. The monoisotopic (exact) mass is 470 g/mol. The summed E-state index contributed by atoms with van der Waals surface area (Å²) in [6.07, 6.45) is 0. The molecular weight excluding hydrogens is 452 g/mol. The summed E-state index contributed by atoms with van der Waals surface area (Å²) >= 11 is 3.44. The number of nitriles is 1. The van der Waals surface area contributed by atoms with E-state index in [1.165, 1.54) is 7.11 Å². The molecule has 0 radical (unpaired) electrons. The van der Waals surface area contributed by atoms with Crippen LogP contribution in [-0.2, 0) is 0 Å². The molecule has 0 aliphatic carbocycles. The maximum atomic E-state index is 12.9. The SMILES string of the molecule is C.COc1ccc2oc(=O)c3c(c2c1)OC(N)=C(C#N)C3c1ccc(OC)c(Br)c1. The minimum atomic E-state index is -0.752. The van der Waals surface area contributed by atoms with Crippen molar-refractivity contribution in [3.8, 4) is 23.3 Å². The van der Waals surface area contributed by atoms with E-state index in [2.05, 4.69) is 22.0 Å². The third kappa shape index (κ3) is 3.27. The Labute approximate surface area is 181 Å². The van der Waals surface area contributed by atoms with Gasteiger partial charge in [-0.15, -0.1) is 0 Å². The lowest BCUT2D eigenvalue weighted by Gasteiger charge is -2.26. The number of methoxy groups -OCH3 is 2. The number of benzene rings is 2. The van der Waals surface area contributed by atoms with E-state index in [4.69, 9.17) is 24.4 Å². The molecule has 0 saturated carbocycles. The lowest BCUT2D eigenvalue weighted by molar-refractivity contribution is 0.386. The highest BCUT2D eigenvalue weighted by molar-refractivity contribution is 9.10.